The highest BCUT2D eigenvalue weighted by atomic mass is 19.1. The summed E-state index contributed by atoms with van der Waals surface area (Å²) in [5.74, 6) is -0.236. The number of hydrogen-bond acceptors (Lipinski definition) is 6. The minimum Gasteiger partial charge on any atom is -0.493 e. The first-order valence-corrected chi connectivity index (χ1v) is 12.3. The van der Waals surface area contributed by atoms with Gasteiger partial charge in [0.1, 0.15) is 17.7 Å². The lowest BCUT2D eigenvalue weighted by atomic mass is 9.99. The summed E-state index contributed by atoms with van der Waals surface area (Å²) in [7, 11) is 1.46. The summed E-state index contributed by atoms with van der Waals surface area (Å²) < 4.78 is 31.5. The summed E-state index contributed by atoms with van der Waals surface area (Å²) >= 11 is 0. The van der Waals surface area contributed by atoms with Crippen molar-refractivity contribution in [2.24, 2.45) is 5.92 Å². The van der Waals surface area contributed by atoms with Crippen LogP contribution in [0.15, 0.2) is 36.4 Å². The van der Waals surface area contributed by atoms with Crippen molar-refractivity contribution in [1.82, 2.24) is 15.5 Å². The Bertz CT molecular complexity index is 1170. The number of rotatable bonds is 3. The topological polar surface area (TPSA) is 106 Å². The molecule has 2 atom stereocenters. The van der Waals surface area contributed by atoms with Gasteiger partial charge in [0.05, 0.1) is 13.2 Å². The van der Waals surface area contributed by atoms with Gasteiger partial charge >= 0.3 is 0 Å². The van der Waals surface area contributed by atoms with Crippen LogP contribution in [0.1, 0.15) is 42.6 Å². The first-order chi connectivity index (χ1) is 17.7. The monoisotopic (exact) mass is 513 g/mol. The van der Waals surface area contributed by atoms with Gasteiger partial charge in [-0.25, -0.2) is 4.39 Å². The third-order valence-corrected chi connectivity index (χ3v) is 6.29. The molecule has 0 saturated carbocycles. The van der Waals surface area contributed by atoms with Crippen LogP contribution in [0.4, 0.5) is 4.39 Å². The second-order valence-corrected chi connectivity index (χ2v) is 9.69. The number of nitrogens with one attached hydrogen (secondary N) is 2. The van der Waals surface area contributed by atoms with Gasteiger partial charge in [0, 0.05) is 44.1 Å². The molecule has 198 valence electrons. The van der Waals surface area contributed by atoms with Crippen molar-refractivity contribution in [2.75, 3.05) is 26.8 Å². The smallest absolute Gasteiger partial charge is 0.258 e. The predicted molar refractivity (Wildman–Crippen MR) is 133 cm³/mol. The molecule has 0 radical (unpaired) electrons. The van der Waals surface area contributed by atoms with Crippen LogP contribution in [0.2, 0.25) is 0 Å². The number of benzene rings is 2. The molecular formula is C27H32FN3O6. The second-order valence-electron chi connectivity index (χ2n) is 9.69. The average Bonchev–Trinajstić information content (AvgIpc) is 2.85. The van der Waals surface area contributed by atoms with Crippen LogP contribution in [0.25, 0.3) is 0 Å². The van der Waals surface area contributed by atoms with Crippen molar-refractivity contribution in [3.8, 4) is 17.2 Å². The number of fused-ring (bicyclic) bond motifs is 5. The van der Waals surface area contributed by atoms with Crippen molar-refractivity contribution >= 4 is 17.7 Å². The van der Waals surface area contributed by atoms with Crippen molar-refractivity contribution in [3.63, 3.8) is 0 Å². The first kappa shape index (κ1) is 26.2. The molecule has 2 N–H and O–H groups in total. The molecule has 37 heavy (non-hydrogen) atoms. The highest BCUT2D eigenvalue weighted by molar-refractivity contribution is 5.95. The highest BCUT2D eigenvalue weighted by Gasteiger charge is 2.34. The number of hydrogen-bond donors (Lipinski definition) is 2. The van der Waals surface area contributed by atoms with Crippen LogP contribution in [0, 0.1) is 11.7 Å². The van der Waals surface area contributed by atoms with Crippen molar-refractivity contribution in [1.29, 1.82) is 0 Å². The second kappa shape index (κ2) is 11.5. The van der Waals surface area contributed by atoms with E-state index in [1.807, 2.05) is 13.8 Å². The highest BCUT2D eigenvalue weighted by Crippen LogP contribution is 2.29. The van der Waals surface area contributed by atoms with Gasteiger partial charge in [0.15, 0.2) is 18.1 Å². The number of carbonyl (C=O) groups excluding carboxylic acids is 3. The molecule has 10 heteroatoms. The summed E-state index contributed by atoms with van der Waals surface area (Å²) in [6.45, 7) is 4.44. The quantitative estimate of drug-likeness (QED) is 0.654. The molecule has 9 nitrogen and oxygen atoms in total. The zero-order valence-electron chi connectivity index (χ0n) is 21.2. The number of carbonyl (C=O) groups is 3. The normalized spacial score (nSPS) is 20.2. The number of ether oxygens (including phenoxy) is 3. The maximum absolute atomic E-state index is 14.4. The van der Waals surface area contributed by atoms with Gasteiger partial charge in [-0.05, 0) is 41.8 Å². The lowest BCUT2D eigenvalue weighted by Gasteiger charge is -2.39. The maximum atomic E-state index is 14.4. The zero-order valence-corrected chi connectivity index (χ0v) is 21.2. The van der Waals surface area contributed by atoms with E-state index < -0.39 is 29.8 Å². The van der Waals surface area contributed by atoms with E-state index in [1.54, 1.807) is 23.1 Å². The molecule has 2 aromatic rings. The van der Waals surface area contributed by atoms with Gasteiger partial charge in [0.25, 0.3) is 11.8 Å². The molecule has 1 saturated heterocycles. The standard InChI is InChI=1S/C27H32FN3O6/c1-16(2)8-26(33)31-7-6-22-21(14-31)30-27(34)18-4-5-23(35-3)24(11-18)36-15-25(32)29-13-17-9-19(28)12-20(10-17)37-22/h4-5,9-12,16,21-22H,6-8,13-15H2,1-3H3,(H,29,32)(H,30,34)/t21-,22+/m0/s1. The fraction of sp³-hybridized carbons (Fsp3) is 0.444. The fourth-order valence-corrected chi connectivity index (χ4v) is 4.46. The third kappa shape index (κ3) is 6.69. The van der Waals surface area contributed by atoms with E-state index >= 15 is 0 Å². The molecule has 2 aliphatic rings. The molecule has 0 aliphatic carbocycles. The Morgan fingerprint density at radius 3 is 2.78 bits per heavy atom. The molecule has 2 heterocycles. The lowest BCUT2D eigenvalue weighted by molar-refractivity contribution is -0.134. The molecule has 0 unspecified atom stereocenters. The van der Waals surface area contributed by atoms with E-state index in [0.29, 0.717) is 36.3 Å². The van der Waals surface area contributed by atoms with Gasteiger partial charge in [-0.2, -0.15) is 0 Å². The summed E-state index contributed by atoms with van der Waals surface area (Å²) in [6.07, 6.45) is 0.358. The minimum atomic E-state index is -0.539. The Morgan fingerprint density at radius 1 is 1.22 bits per heavy atom. The Morgan fingerprint density at radius 2 is 2.03 bits per heavy atom. The zero-order chi connectivity index (χ0) is 26.5. The number of likely N-dealkylation sites (tertiary alicyclic amines) is 1. The Labute approximate surface area is 215 Å². The van der Waals surface area contributed by atoms with E-state index in [-0.39, 0.29) is 43.0 Å². The molecule has 2 aromatic carbocycles. The van der Waals surface area contributed by atoms with Gasteiger partial charge in [-0.3, -0.25) is 14.4 Å². The van der Waals surface area contributed by atoms with E-state index in [9.17, 15) is 18.8 Å². The molecule has 1 fully saturated rings. The van der Waals surface area contributed by atoms with Crippen molar-refractivity contribution in [2.45, 2.75) is 45.4 Å². The summed E-state index contributed by atoms with van der Waals surface area (Å²) in [5.41, 5.74) is 0.806. The van der Waals surface area contributed by atoms with E-state index in [1.165, 1.54) is 25.3 Å². The summed E-state index contributed by atoms with van der Waals surface area (Å²) in [4.78, 5) is 40.1. The van der Waals surface area contributed by atoms with Crippen LogP contribution < -0.4 is 24.8 Å². The van der Waals surface area contributed by atoms with E-state index in [2.05, 4.69) is 10.6 Å². The Kier molecular flexibility index (Phi) is 8.15. The lowest BCUT2D eigenvalue weighted by Crippen LogP contribution is -2.58. The number of methoxy groups -OCH3 is 1. The molecule has 0 aromatic heterocycles. The van der Waals surface area contributed by atoms with Crippen LogP contribution in [-0.2, 0) is 16.1 Å². The summed E-state index contributed by atoms with van der Waals surface area (Å²) in [6, 6.07) is 8.37. The van der Waals surface area contributed by atoms with Crippen LogP contribution in [0.3, 0.4) is 0 Å². The Balaban J connectivity index is 1.66. The number of amides is 3. The maximum Gasteiger partial charge on any atom is 0.258 e. The SMILES string of the molecule is COc1ccc2cc1OCC(=O)NCc1cc(F)cc(c1)O[C@@H]1CCN(C(=O)CC(C)C)C[C@@H]1NC2=O. The fourth-order valence-electron chi connectivity index (χ4n) is 4.46. The molecule has 0 spiro atoms. The van der Waals surface area contributed by atoms with Crippen LogP contribution >= 0.6 is 0 Å². The van der Waals surface area contributed by atoms with Gasteiger partial charge in [-0.1, -0.05) is 13.8 Å². The van der Waals surface area contributed by atoms with E-state index in [0.717, 1.165) is 0 Å². The average molecular weight is 514 g/mol. The Hall–Kier alpha value is -3.82. The largest absolute Gasteiger partial charge is 0.493 e. The minimum absolute atomic E-state index is 0.0127. The van der Waals surface area contributed by atoms with Crippen molar-refractivity contribution in [3.05, 3.63) is 53.3 Å². The molecule has 4 bridgehead atoms. The van der Waals surface area contributed by atoms with Gasteiger partial charge < -0.3 is 29.7 Å². The predicted octanol–water partition coefficient (Wildman–Crippen LogP) is 2.67. The third-order valence-electron chi connectivity index (χ3n) is 6.29. The van der Waals surface area contributed by atoms with Crippen molar-refractivity contribution < 1.29 is 33.0 Å². The van der Waals surface area contributed by atoms with Gasteiger partial charge in [0.2, 0.25) is 5.91 Å². The molecule has 3 amide bonds. The van der Waals surface area contributed by atoms with Crippen LogP contribution in [-0.4, -0.2) is 61.6 Å². The van der Waals surface area contributed by atoms with Crippen LogP contribution in [0.5, 0.6) is 17.2 Å². The first-order valence-electron chi connectivity index (χ1n) is 12.3. The summed E-state index contributed by atoms with van der Waals surface area (Å²) in [5, 5.41) is 5.68. The molecule has 2 aliphatic heterocycles. The van der Waals surface area contributed by atoms with E-state index in [4.69, 9.17) is 14.2 Å². The molecule has 4 rings (SSSR count). The molecular weight excluding hydrogens is 481 g/mol. The van der Waals surface area contributed by atoms with Gasteiger partial charge in [-0.15, -0.1) is 0 Å². The number of piperidine rings is 1. The number of nitrogens with zero attached hydrogens (tertiary/aromatic N) is 1. The number of halogens is 1.